The summed E-state index contributed by atoms with van der Waals surface area (Å²) in [5.74, 6) is -0.460. The van der Waals surface area contributed by atoms with Gasteiger partial charge >= 0.3 is 0 Å². The Morgan fingerprint density at radius 3 is 2.47 bits per heavy atom. The highest BCUT2D eigenvalue weighted by molar-refractivity contribution is 5.91. The van der Waals surface area contributed by atoms with Gasteiger partial charge in [0.15, 0.2) is 13.1 Å². The van der Waals surface area contributed by atoms with Gasteiger partial charge in [-0.3, -0.25) is 9.59 Å². The maximum atomic E-state index is 12.9. The molecule has 2 aromatic rings. The molecule has 1 fully saturated rings. The van der Waals surface area contributed by atoms with Crippen LogP contribution in [0.15, 0.2) is 48.5 Å². The number of nitrogens with zero attached hydrogens (tertiary/aromatic N) is 1. The highest BCUT2D eigenvalue weighted by atomic mass is 19.1. The molecule has 6 nitrogen and oxygen atoms in total. The second kappa shape index (κ2) is 10.3. The van der Waals surface area contributed by atoms with Crippen LogP contribution in [-0.2, 0) is 16.1 Å². The first-order valence-corrected chi connectivity index (χ1v) is 10.4. The molecule has 3 rings (SSSR count). The van der Waals surface area contributed by atoms with Crippen LogP contribution in [0.4, 0.5) is 10.1 Å². The van der Waals surface area contributed by atoms with E-state index in [2.05, 4.69) is 36.5 Å². The highest BCUT2D eigenvalue weighted by Gasteiger charge is 2.26. The zero-order valence-electron chi connectivity index (χ0n) is 17.7. The number of piperazine rings is 1. The van der Waals surface area contributed by atoms with Crippen molar-refractivity contribution >= 4 is 17.5 Å². The number of aryl methyl sites for hydroxylation is 1. The molecule has 1 unspecified atom stereocenters. The minimum atomic E-state index is -0.345. The molecule has 1 aliphatic rings. The molecule has 0 aliphatic carbocycles. The third-order valence-electron chi connectivity index (χ3n) is 5.40. The molecule has 30 heavy (non-hydrogen) atoms. The first-order valence-electron chi connectivity index (χ1n) is 10.4. The summed E-state index contributed by atoms with van der Waals surface area (Å²) < 4.78 is 12.9. The number of benzene rings is 2. The molecule has 0 bridgehead atoms. The Balaban J connectivity index is 1.39. The van der Waals surface area contributed by atoms with E-state index in [-0.39, 0.29) is 30.7 Å². The van der Waals surface area contributed by atoms with Gasteiger partial charge in [0.05, 0.1) is 33.2 Å². The standard InChI is InChI=1S/C23H29FN4O2/c1-18-4-3-5-19(14-18)15-27-10-12-28(13-11-27)23(30)17-26(2)16-22(29)25-21-8-6-20(24)7-9-21/h3-9,14H,10-13,15-17H2,1-2H3,(H,25,29)/p+2. The van der Waals surface area contributed by atoms with Crippen LogP contribution in [0.3, 0.4) is 0 Å². The second-order valence-electron chi connectivity index (χ2n) is 8.16. The smallest absolute Gasteiger partial charge is 0.279 e. The minimum Gasteiger partial charge on any atom is -0.328 e. The van der Waals surface area contributed by atoms with Crippen LogP contribution >= 0.6 is 0 Å². The van der Waals surface area contributed by atoms with Crippen LogP contribution in [0.25, 0.3) is 0 Å². The van der Waals surface area contributed by atoms with Gasteiger partial charge in [0.1, 0.15) is 12.4 Å². The monoisotopic (exact) mass is 414 g/mol. The lowest BCUT2D eigenvalue weighted by Crippen LogP contribution is -3.14. The van der Waals surface area contributed by atoms with Gasteiger partial charge in [-0.2, -0.15) is 0 Å². The van der Waals surface area contributed by atoms with Crippen molar-refractivity contribution < 1.29 is 23.8 Å². The molecule has 1 heterocycles. The summed E-state index contributed by atoms with van der Waals surface area (Å²) in [6.07, 6.45) is 0. The maximum Gasteiger partial charge on any atom is 0.279 e. The van der Waals surface area contributed by atoms with Gasteiger partial charge in [-0.05, 0) is 31.2 Å². The van der Waals surface area contributed by atoms with Crippen LogP contribution < -0.4 is 15.1 Å². The predicted octanol–water partition coefficient (Wildman–Crippen LogP) is -0.485. The lowest BCUT2D eigenvalue weighted by Gasteiger charge is -2.32. The molecule has 3 N–H and O–H groups in total. The molecule has 2 amide bonds. The fourth-order valence-electron chi connectivity index (χ4n) is 3.80. The third kappa shape index (κ3) is 6.64. The Morgan fingerprint density at radius 1 is 1.10 bits per heavy atom. The van der Waals surface area contributed by atoms with Crippen molar-refractivity contribution in [3.8, 4) is 0 Å². The molecule has 1 saturated heterocycles. The Bertz CT molecular complexity index is 864. The maximum absolute atomic E-state index is 12.9. The van der Waals surface area contributed by atoms with Crippen molar-refractivity contribution in [2.75, 3.05) is 51.6 Å². The molecule has 0 aromatic heterocycles. The van der Waals surface area contributed by atoms with E-state index in [9.17, 15) is 14.0 Å². The number of hydrogen-bond acceptors (Lipinski definition) is 2. The normalized spacial score (nSPS) is 15.6. The minimum absolute atomic E-state index is 0.0803. The second-order valence-corrected chi connectivity index (χ2v) is 8.16. The molecular weight excluding hydrogens is 383 g/mol. The summed E-state index contributed by atoms with van der Waals surface area (Å²) in [5, 5.41) is 2.73. The fourth-order valence-corrected chi connectivity index (χ4v) is 3.80. The first kappa shape index (κ1) is 21.9. The van der Waals surface area contributed by atoms with Crippen LogP contribution in [-0.4, -0.2) is 63.0 Å². The quantitative estimate of drug-likeness (QED) is 0.573. The Morgan fingerprint density at radius 2 is 1.80 bits per heavy atom. The first-order chi connectivity index (χ1) is 14.4. The largest absolute Gasteiger partial charge is 0.328 e. The van der Waals surface area contributed by atoms with Crippen molar-refractivity contribution in [2.24, 2.45) is 0 Å². The lowest BCUT2D eigenvalue weighted by molar-refractivity contribution is -0.917. The van der Waals surface area contributed by atoms with Gasteiger partial charge < -0.3 is 20.0 Å². The van der Waals surface area contributed by atoms with Gasteiger partial charge in [-0.25, -0.2) is 4.39 Å². The molecule has 0 spiro atoms. The van der Waals surface area contributed by atoms with E-state index in [0.29, 0.717) is 5.69 Å². The van der Waals surface area contributed by atoms with Crippen molar-refractivity contribution in [1.29, 1.82) is 0 Å². The van der Waals surface area contributed by atoms with Crippen LogP contribution in [0.5, 0.6) is 0 Å². The molecule has 1 aliphatic heterocycles. The van der Waals surface area contributed by atoms with E-state index in [0.717, 1.165) is 37.6 Å². The number of hydrogen-bond donors (Lipinski definition) is 3. The van der Waals surface area contributed by atoms with Gasteiger partial charge in [-0.15, -0.1) is 0 Å². The van der Waals surface area contributed by atoms with E-state index in [4.69, 9.17) is 0 Å². The topological polar surface area (TPSA) is 58.3 Å². The number of amides is 2. The third-order valence-corrected chi connectivity index (χ3v) is 5.40. The Labute approximate surface area is 177 Å². The van der Waals surface area contributed by atoms with Crippen LogP contribution in [0, 0.1) is 12.7 Å². The number of nitrogens with one attached hydrogen (secondary N) is 3. The number of anilines is 1. The van der Waals surface area contributed by atoms with Crippen LogP contribution in [0.1, 0.15) is 11.1 Å². The molecule has 160 valence electrons. The van der Waals surface area contributed by atoms with E-state index < -0.39 is 0 Å². The van der Waals surface area contributed by atoms with E-state index in [1.165, 1.54) is 40.3 Å². The summed E-state index contributed by atoms with van der Waals surface area (Å²) in [4.78, 5) is 29.0. The van der Waals surface area contributed by atoms with Gasteiger partial charge in [0.2, 0.25) is 0 Å². The summed E-state index contributed by atoms with van der Waals surface area (Å²) in [6, 6.07) is 14.2. The SMILES string of the molecule is Cc1cccc(C[NH+]2CCN(C(=O)C[NH+](C)CC(=O)Nc3ccc(F)cc3)CC2)c1. The number of quaternary nitrogens is 2. The molecule has 0 radical (unpaired) electrons. The molecule has 7 heteroatoms. The Hall–Kier alpha value is -2.77. The number of rotatable bonds is 7. The van der Waals surface area contributed by atoms with Gasteiger partial charge in [-0.1, -0.05) is 29.8 Å². The number of halogens is 1. The zero-order chi connectivity index (χ0) is 21.5. The van der Waals surface area contributed by atoms with E-state index >= 15 is 0 Å². The predicted molar refractivity (Wildman–Crippen MR) is 114 cm³/mol. The average Bonchev–Trinajstić information content (AvgIpc) is 2.70. The van der Waals surface area contributed by atoms with Crippen molar-refractivity contribution in [2.45, 2.75) is 13.5 Å². The molecule has 2 aromatic carbocycles. The lowest BCUT2D eigenvalue weighted by atomic mass is 10.1. The summed E-state index contributed by atoms with van der Waals surface area (Å²) in [5.41, 5.74) is 3.16. The van der Waals surface area contributed by atoms with E-state index in [1.807, 2.05) is 11.9 Å². The van der Waals surface area contributed by atoms with Crippen LogP contribution in [0.2, 0.25) is 0 Å². The molecule has 1 atom stereocenters. The number of carbonyl (C=O) groups is 2. The molecular formula is C23H31FN4O2+2. The highest BCUT2D eigenvalue weighted by Crippen LogP contribution is 2.07. The van der Waals surface area contributed by atoms with Crippen molar-refractivity contribution in [3.05, 3.63) is 65.5 Å². The van der Waals surface area contributed by atoms with E-state index in [1.54, 1.807) is 0 Å². The number of carbonyl (C=O) groups excluding carboxylic acids is 2. The molecule has 0 saturated carbocycles. The number of likely N-dealkylation sites (N-methyl/N-ethyl adjacent to an activating group) is 1. The Kier molecular flexibility index (Phi) is 7.54. The van der Waals surface area contributed by atoms with Crippen molar-refractivity contribution in [3.63, 3.8) is 0 Å². The zero-order valence-corrected chi connectivity index (χ0v) is 17.7. The van der Waals surface area contributed by atoms with Gasteiger partial charge in [0.25, 0.3) is 11.8 Å². The summed E-state index contributed by atoms with van der Waals surface area (Å²) >= 11 is 0. The average molecular weight is 415 g/mol. The summed E-state index contributed by atoms with van der Waals surface area (Å²) in [7, 11) is 1.83. The summed E-state index contributed by atoms with van der Waals surface area (Å²) in [6.45, 7) is 6.91. The van der Waals surface area contributed by atoms with Crippen molar-refractivity contribution in [1.82, 2.24) is 4.90 Å². The fraction of sp³-hybridized carbons (Fsp3) is 0.391. The van der Waals surface area contributed by atoms with Gasteiger partial charge in [0, 0.05) is 11.3 Å².